The predicted octanol–water partition coefficient (Wildman–Crippen LogP) is 4.60. The molecule has 0 saturated heterocycles. The fraction of sp³-hybridized carbons (Fsp3) is 0.176. The van der Waals surface area contributed by atoms with Crippen molar-refractivity contribution in [3.05, 3.63) is 58.9 Å². The van der Waals surface area contributed by atoms with Crippen molar-refractivity contribution in [1.29, 1.82) is 0 Å². The molecular formula is C17H14ClF3N4O. The van der Waals surface area contributed by atoms with Crippen molar-refractivity contribution in [3.63, 3.8) is 0 Å². The average Bonchev–Trinajstić information content (AvgIpc) is 2.98. The maximum atomic E-state index is 12.8. The van der Waals surface area contributed by atoms with Crippen molar-refractivity contribution in [2.45, 2.75) is 12.6 Å². The van der Waals surface area contributed by atoms with Crippen LogP contribution in [0.15, 0.2) is 42.5 Å². The summed E-state index contributed by atoms with van der Waals surface area (Å²) in [6.07, 6.45) is -4.14. The van der Waals surface area contributed by atoms with E-state index in [0.717, 1.165) is 23.2 Å². The van der Waals surface area contributed by atoms with Crippen molar-refractivity contribution in [1.82, 2.24) is 15.3 Å². The third kappa shape index (κ3) is 4.26. The van der Waals surface area contributed by atoms with E-state index < -0.39 is 22.8 Å². The fourth-order valence-corrected chi connectivity index (χ4v) is 2.64. The second-order valence-electron chi connectivity index (χ2n) is 5.52. The van der Waals surface area contributed by atoms with Crippen LogP contribution in [0, 0.1) is 0 Å². The van der Waals surface area contributed by atoms with Crippen LogP contribution in [-0.4, -0.2) is 22.5 Å². The summed E-state index contributed by atoms with van der Waals surface area (Å²) in [5.74, 6) is 0.706. The Labute approximate surface area is 151 Å². The van der Waals surface area contributed by atoms with E-state index in [1.54, 1.807) is 0 Å². The molecule has 0 unspecified atom stereocenters. The zero-order chi connectivity index (χ0) is 18.7. The van der Waals surface area contributed by atoms with E-state index in [1.165, 1.54) is 6.07 Å². The Morgan fingerprint density at radius 3 is 2.69 bits per heavy atom. The first kappa shape index (κ1) is 18.1. The van der Waals surface area contributed by atoms with E-state index in [-0.39, 0.29) is 12.2 Å². The number of anilines is 1. The number of nitrogens with zero attached hydrogens (tertiary/aromatic N) is 1. The van der Waals surface area contributed by atoms with E-state index in [9.17, 15) is 18.0 Å². The topological polar surface area (TPSA) is 69.8 Å². The molecule has 3 aromatic rings. The Balaban J connectivity index is 1.56. The van der Waals surface area contributed by atoms with Crippen LogP contribution in [0.25, 0.3) is 11.0 Å². The number of hydrogen-bond donors (Lipinski definition) is 3. The summed E-state index contributed by atoms with van der Waals surface area (Å²) in [4.78, 5) is 19.4. The van der Waals surface area contributed by atoms with Crippen LogP contribution in [-0.2, 0) is 12.6 Å². The third-order valence-corrected chi connectivity index (χ3v) is 3.94. The second kappa shape index (κ2) is 7.25. The van der Waals surface area contributed by atoms with Gasteiger partial charge in [-0.2, -0.15) is 13.2 Å². The number of alkyl halides is 3. The molecule has 1 heterocycles. The minimum atomic E-state index is -4.59. The minimum Gasteiger partial charge on any atom is -0.342 e. The molecule has 0 spiro atoms. The first-order valence-electron chi connectivity index (χ1n) is 7.68. The molecule has 9 heteroatoms. The van der Waals surface area contributed by atoms with E-state index in [2.05, 4.69) is 20.6 Å². The van der Waals surface area contributed by atoms with Crippen LogP contribution in [0.3, 0.4) is 0 Å². The molecular weight excluding hydrogens is 369 g/mol. The molecule has 3 rings (SSSR count). The second-order valence-corrected chi connectivity index (χ2v) is 5.93. The van der Waals surface area contributed by atoms with Gasteiger partial charge in [0.2, 0.25) is 0 Å². The van der Waals surface area contributed by atoms with E-state index in [0.29, 0.717) is 12.2 Å². The number of H-pyrrole nitrogens is 1. The van der Waals surface area contributed by atoms with Gasteiger partial charge in [0.25, 0.3) is 0 Å². The molecule has 1 aromatic heterocycles. The van der Waals surface area contributed by atoms with Gasteiger partial charge in [-0.25, -0.2) is 9.78 Å². The van der Waals surface area contributed by atoms with Gasteiger partial charge >= 0.3 is 12.2 Å². The number of amides is 2. The number of fused-ring (bicyclic) bond motifs is 1. The number of hydrogen-bond acceptors (Lipinski definition) is 2. The smallest absolute Gasteiger partial charge is 0.342 e. The number of aromatic nitrogens is 2. The Bertz CT molecular complexity index is 906. The molecule has 3 N–H and O–H groups in total. The Morgan fingerprint density at radius 2 is 1.96 bits per heavy atom. The molecule has 26 heavy (non-hydrogen) atoms. The van der Waals surface area contributed by atoms with Crippen LogP contribution in [0.2, 0.25) is 5.02 Å². The number of nitrogens with one attached hydrogen (secondary N) is 3. The van der Waals surface area contributed by atoms with Gasteiger partial charge < -0.3 is 15.6 Å². The number of imidazole rings is 1. The number of halogens is 4. The van der Waals surface area contributed by atoms with Gasteiger partial charge in [0.1, 0.15) is 5.82 Å². The summed E-state index contributed by atoms with van der Waals surface area (Å²) < 4.78 is 38.5. The summed E-state index contributed by atoms with van der Waals surface area (Å²) in [5, 5.41) is 4.50. The molecule has 0 aliphatic rings. The monoisotopic (exact) mass is 382 g/mol. The van der Waals surface area contributed by atoms with Crippen LogP contribution >= 0.6 is 11.6 Å². The summed E-state index contributed by atoms with van der Waals surface area (Å²) in [7, 11) is 0. The maximum absolute atomic E-state index is 12.8. The molecule has 0 bridgehead atoms. The van der Waals surface area contributed by atoms with Gasteiger partial charge in [-0.15, -0.1) is 0 Å². The fourth-order valence-electron chi connectivity index (χ4n) is 2.41. The van der Waals surface area contributed by atoms with Crippen LogP contribution in [0.5, 0.6) is 0 Å². The van der Waals surface area contributed by atoms with Crippen molar-refractivity contribution in [2.24, 2.45) is 0 Å². The molecule has 2 amide bonds. The van der Waals surface area contributed by atoms with Gasteiger partial charge in [-0.3, -0.25) is 0 Å². The minimum absolute atomic E-state index is 0.00274. The Hall–Kier alpha value is -2.74. The van der Waals surface area contributed by atoms with Crippen molar-refractivity contribution >= 4 is 34.4 Å². The quantitative estimate of drug-likeness (QED) is 0.617. The number of rotatable bonds is 4. The molecule has 0 atom stereocenters. The lowest BCUT2D eigenvalue weighted by atomic mass is 10.2. The number of urea groups is 1. The summed E-state index contributed by atoms with van der Waals surface area (Å²) in [6, 6.07) is 10.1. The molecule has 0 radical (unpaired) electrons. The number of carbonyl (C=O) groups is 1. The van der Waals surface area contributed by atoms with E-state index >= 15 is 0 Å². The van der Waals surface area contributed by atoms with Gasteiger partial charge in [0, 0.05) is 18.7 Å². The first-order valence-corrected chi connectivity index (χ1v) is 8.06. The highest BCUT2D eigenvalue weighted by Gasteiger charge is 2.33. The summed E-state index contributed by atoms with van der Waals surface area (Å²) in [6.45, 7) is 0.269. The van der Waals surface area contributed by atoms with Gasteiger partial charge in [0.15, 0.2) is 0 Å². The highest BCUT2D eigenvalue weighted by Crippen LogP contribution is 2.36. The lowest BCUT2D eigenvalue weighted by Gasteiger charge is -2.12. The van der Waals surface area contributed by atoms with Crippen LogP contribution in [0.1, 0.15) is 11.4 Å². The van der Waals surface area contributed by atoms with Gasteiger partial charge in [-0.1, -0.05) is 23.7 Å². The number of aromatic amines is 1. The Kier molecular flexibility index (Phi) is 5.03. The molecule has 2 aromatic carbocycles. The molecule has 0 saturated carbocycles. The molecule has 136 valence electrons. The van der Waals surface area contributed by atoms with Crippen molar-refractivity contribution in [2.75, 3.05) is 11.9 Å². The number of para-hydroxylation sites is 2. The highest BCUT2D eigenvalue weighted by molar-refractivity contribution is 6.31. The molecule has 0 aliphatic carbocycles. The lowest BCUT2D eigenvalue weighted by molar-refractivity contribution is -0.137. The summed E-state index contributed by atoms with van der Waals surface area (Å²) >= 11 is 5.54. The van der Waals surface area contributed by atoms with E-state index in [1.807, 2.05) is 24.3 Å². The number of carbonyl (C=O) groups excluding carboxylic acids is 1. The lowest BCUT2D eigenvalue weighted by Crippen LogP contribution is -2.30. The van der Waals surface area contributed by atoms with Crippen LogP contribution in [0.4, 0.5) is 23.7 Å². The zero-order valence-corrected chi connectivity index (χ0v) is 14.1. The van der Waals surface area contributed by atoms with Gasteiger partial charge in [0.05, 0.1) is 21.6 Å². The largest absolute Gasteiger partial charge is 0.417 e. The highest BCUT2D eigenvalue weighted by atomic mass is 35.5. The predicted molar refractivity (Wildman–Crippen MR) is 93.3 cm³/mol. The third-order valence-electron chi connectivity index (χ3n) is 3.62. The van der Waals surface area contributed by atoms with Crippen molar-refractivity contribution in [3.8, 4) is 0 Å². The Morgan fingerprint density at radius 1 is 1.19 bits per heavy atom. The summed E-state index contributed by atoms with van der Waals surface area (Å²) in [5.41, 5.74) is 0.725. The molecule has 0 fully saturated rings. The normalized spacial score (nSPS) is 11.5. The van der Waals surface area contributed by atoms with Gasteiger partial charge in [-0.05, 0) is 30.3 Å². The molecule has 0 aliphatic heterocycles. The van der Waals surface area contributed by atoms with Crippen molar-refractivity contribution < 1.29 is 18.0 Å². The average molecular weight is 383 g/mol. The SMILES string of the molecule is O=C(NCCc1nc2ccccc2[nH]1)Nc1ccc(Cl)c(C(F)(F)F)c1. The van der Waals surface area contributed by atoms with Crippen LogP contribution < -0.4 is 10.6 Å². The number of benzene rings is 2. The first-order chi connectivity index (χ1) is 12.3. The zero-order valence-electron chi connectivity index (χ0n) is 13.3. The maximum Gasteiger partial charge on any atom is 0.417 e. The standard InChI is InChI=1S/C17H14ClF3N4O/c18-12-6-5-10(9-11(12)17(19,20)21)23-16(26)22-8-7-15-24-13-3-1-2-4-14(13)25-15/h1-6,9H,7-8H2,(H,24,25)(H2,22,23,26). The molecule has 5 nitrogen and oxygen atoms in total. The van der Waals surface area contributed by atoms with E-state index in [4.69, 9.17) is 11.6 Å².